The van der Waals surface area contributed by atoms with Crippen molar-refractivity contribution in [2.75, 3.05) is 41.7 Å². The van der Waals surface area contributed by atoms with Gasteiger partial charge in [-0.1, -0.05) is 0 Å². The standard InChI is InChI=1S/C14H21N7O2S/c1-19(2)13-11(8-15-14(17-13)21-6-4-5-7-21)18-24(22,23)12-9-20(3)10-16-12/h8-10,18H,4-7H2,1-3H3. The third-order valence-electron chi connectivity index (χ3n) is 3.77. The van der Waals surface area contributed by atoms with Crippen LogP contribution in [0.1, 0.15) is 12.8 Å². The van der Waals surface area contributed by atoms with Crippen LogP contribution in [0.15, 0.2) is 23.7 Å². The number of nitrogens with one attached hydrogen (secondary N) is 1. The van der Waals surface area contributed by atoms with Crippen LogP contribution in [-0.2, 0) is 17.1 Å². The minimum Gasteiger partial charge on any atom is -0.361 e. The van der Waals surface area contributed by atoms with E-state index in [0.717, 1.165) is 25.9 Å². The molecule has 0 spiro atoms. The fourth-order valence-corrected chi connectivity index (χ4v) is 3.60. The molecular weight excluding hydrogens is 330 g/mol. The highest BCUT2D eigenvalue weighted by Gasteiger charge is 2.22. The van der Waals surface area contributed by atoms with Gasteiger partial charge in [0.2, 0.25) is 5.95 Å². The Morgan fingerprint density at radius 2 is 1.92 bits per heavy atom. The van der Waals surface area contributed by atoms with Gasteiger partial charge in [0.15, 0.2) is 10.8 Å². The topological polar surface area (TPSA) is 96.3 Å². The van der Waals surface area contributed by atoms with Gasteiger partial charge in [0.05, 0.1) is 12.5 Å². The lowest BCUT2D eigenvalue weighted by molar-refractivity contribution is 0.598. The molecule has 0 saturated carbocycles. The monoisotopic (exact) mass is 351 g/mol. The lowest BCUT2D eigenvalue weighted by atomic mass is 10.4. The predicted molar refractivity (Wildman–Crippen MR) is 91.8 cm³/mol. The van der Waals surface area contributed by atoms with E-state index in [2.05, 4.69) is 24.6 Å². The predicted octanol–water partition coefficient (Wildman–Crippen LogP) is 0.677. The molecule has 0 unspecified atom stereocenters. The van der Waals surface area contributed by atoms with Crippen LogP contribution >= 0.6 is 0 Å². The molecule has 3 rings (SSSR count). The maximum absolute atomic E-state index is 12.5. The molecule has 1 saturated heterocycles. The first kappa shape index (κ1) is 16.5. The summed E-state index contributed by atoms with van der Waals surface area (Å²) >= 11 is 0. The smallest absolute Gasteiger partial charge is 0.281 e. The minimum atomic E-state index is -3.78. The number of hydrogen-bond acceptors (Lipinski definition) is 7. The van der Waals surface area contributed by atoms with E-state index < -0.39 is 10.0 Å². The molecular formula is C14H21N7O2S. The van der Waals surface area contributed by atoms with Crippen LogP contribution in [0.4, 0.5) is 17.5 Å². The maximum Gasteiger partial charge on any atom is 0.281 e. The molecule has 0 amide bonds. The van der Waals surface area contributed by atoms with Gasteiger partial charge in [0.1, 0.15) is 5.69 Å². The largest absolute Gasteiger partial charge is 0.361 e. The molecule has 0 bridgehead atoms. The third kappa shape index (κ3) is 3.28. The van der Waals surface area contributed by atoms with Crippen LogP contribution in [0.25, 0.3) is 0 Å². The zero-order valence-corrected chi connectivity index (χ0v) is 14.8. The van der Waals surface area contributed by atoms with Crippen LogP contribution in [0.3, 0.4) is 0 Å². The molecule has 1 N–H and O–H groups in total. The van der Waals surface area contributed by atoms with Crippen LogP contribution in [0, 0.1) is 0 Å². The van der Waals surface area contributed by atoms with Gasteiger partial charge in [-0.25, -0.2) is 9.97 Å². The summed E-state index contributed by atoms with van der Waals surface area (Å²) in [5.41, 5.74) is 0.327. The van der Waals surface area contributed by atoms with Crippen molar-refractivity contribution in [3.63, 3.8) is 0 Å². The number of hydrogen-bond donors (Lipinski definition) is 1. The van der Waals surface area contributed by atoms with E-state index in [0.29, 0.717) is 17.5 Å². The maximum atomic E-state index is 12.5. The lowest BCUT2D eigenvalue weighted by Crippen LogP contribution is -2.24. The van der Waals surface area contributed by atoms with E-state index in [9.17, 15) is 8.42 Å². The normalized spacial score (nSPS) is 14.9. The highest BCUT2D eigenvalue weighted by molar-refractivity contribution is 7.92. The quantitative estimate of drug-likeness (QED) is 0.846. The molecule has 0 aliphatic carbocycles. The van der Waals surface area contributed by atoms with Crippen LogP contribution in [0.2, 0.25) is 0 Å². The Bertz CT molecular complexity index is 825. The van der Waals surface area contributed by atoms with Crippen molar-refractivity contribution in [1.82, 2.24) is 19.5 Å². The molecule has 3 heterocycles. The Hall–Kier alpha value is -2.36. The van der Waals surface area contributed by atoms with Crippen molar-refractivity contribution in [1.29, 1.82) is 0 Å². The molecule has 10 heteroatoms. The zero-order valence-electron chi connectivity index (χ0n) is 14.0. The van der Waals surface area contributed by atoms with Crippen molar-refractivity contribution in [2.45, 2.75) is 17.9 Å². The average molecular weight is 351 g/mol. The molecule has 9 nitrogen and oxygen atoms in total. The molecule has 24 heavy (non-hydrogen) atoms. The van der Waals surface area contributed by atoms with E-state index in [1.54, 1.807) is 16.5 Å². The second kappa shape index (κ2) is 6.27. The van der Waals surface area contributed by atoms with Crippen LogP contribution < -0.4 is 14.5 Å². The molecule has 2 aromatic rings. The summed E-state index contributed by atoms with van der Waals surface area (Å²) in [4.78, 5) is 16.6. The van der Waals surface area contributed by atoms with Crippen molar-refractivity contribution < 1.29 is 8.42 Å². The Kier molecular flexibility index (Phi) is 4.31. The number of anilines is 3. The highest BCUT2D eigenvalue weighted by atomic mass is 32.2. The summed E-state index contributed by atoms with van der Waals surface area (Å²) in [5.74, 6) is 1.14. The molecule has 1 aliphatic heterocycles. The summed E-state index contributed by atoms with van der Waals surface area (Å²) in [6.45, 7) is 1.84. The first-order valence-electron chi connectivity index (χ1n) is 7.67. The average Bonchev–Trinajstić information content (AvgIpc) is 3.18. The first-order chi connectivity index (χ1) is 11.4. The van der Waals surface area contributed by atoms with E-state index in [1.807, 2.05) is 14.1 Å². The van der Waals surface area contributed by atoms with E-state index in [-0.39, 0.29) is 5.03 Å². The van der Waals surface area contributed by atoms with Crippen molar-refractivity contribution in [3.05, 3.63) is 18.7 Å². The molecule has 1 aliphatic rings. The van der Waals surface area contributed by atoms with Crippen LogP contribution in [-0.4, -0.2) is 55.1 Å². The Balaban J connectivity index is 1.92. The number of nitrogens with zero attached hydrogens (tertiary/aromatic N) is 6. The fraction of sp³-hybridized carbons (Fsp3) is 0.500. The summed E-state index contributed by atoms with van der Waals surface area (Å²) < 4.78 is 29.0. The van der Waals surface area contributed by atoms with Gasteiger partial charge in [-0.3, -0.25) is 4.72 Å². The lowest BCUT2D eigenvalue weighted by Gasteiger charge is -2.21. The van der Waals surface area contributed by atoms with Crippen molar-refractivity contribution >= 4 is 27.5 Å². The van der Waals surface area contributed by atoms with E-state index in [1.165, 1.54) is 18.7 Å². The minimum absolute atomic E-state index is 0.0432. The number of sulfonamides is 1. The van der Waals surface area contributed by atoms with Gasteiger partial charge < -0.3 is 14.4 Å². The van der Waals surface area contributed by atoms with Crippen molar-refractivity contribution in [3.8, 4) is 0 Å². The third-order valence-corrected chi connectivity index (χ3v) is 5.02. The zero-order chi connectivity index (χ0) is 17.3. The molecule has 130 valence electrons. The Labute approximate surface area is 141 Å². The second-order valence-corrected chi connectivity index (χ2v) is 7.61. The Morgan fingerprint density at radius 3 is 2.50 bits per heavy atom. The van der Waals surface area contributed by atoms with Gasteiger partial charge in [0.25, 0.3) is 10.0 Å². The number of imidazole rings is 1. The van der Waals surface area contributed by atoms with Gasteiger partial charge in [-0.15, -0.1) is 0 Å². The summed E-state index contributed by atoms with van der Waals surface area (Å²) in [7, 11) is 1.56. The highest BCUT2D eigenvalue weighted by Crippen LogP contribution is 2.27. The number of aryl methyl sites for hydroxylation is 1. The van der Waals surface area contributed by atoms with Gasteiger partial charge in [-0.2, -0.15) is 13.4 Å². The molecule has 1 fully saturated rings. The summed E-state index contributed by atoms with van der Waals surface area (Å²) in [6, 6.07) is 0. The van der Waals surface area contributed by atoms with Gasteiger partial charge in [-0.05, 0) is 12.8 Å². The summed E-state index contributed by atoms with van der Waals surface area (Å²) in [5, 5.41) is -0.0432. The second-order valence-electron chi connectivity index (χ2n) is 5.98. The molecule has 0 aromatic carbocycles. The van der Waals surface area contributed by atoms with E-state index >= 15 is 0 Å². The fourth-order valence-electron chi connectivity index (χ4n) is 2.57. The van der Waals surface area contributed by atoms with E-state index in [4.69, 9.17) is 0 Å². The molecule has 0 atom stereocenters. The SMILES string of the molecule is CN(C)c1nc(N2CCCC2)ncc1NS(=O)(=O)c1cn(C)cn1. The molecule has 2 aromatic heterocycles. The van der Waals surface area contributed by atoms with Gasteiger partial charge in [0, 0.05) is 40.4 Å². The van der Waals surface area contributed by atoms with Crippen LogP contribution in [0.5, 0.6) is 0 Å². The number of rotatable bonds is 5. The first-order valence-corrected chi connectivity index (χ1v) is 9.15. The Morgan fingerprint density at radius 1 is 1.21 bits per heavy atom. The van der Waals surface area contributed by atoms with Gasteiger partial charge >= 0.3 is 0 Å². The molecule has 0 radical (unpaired) electrons. The van der Waals surface area contributed by atoms with Crippen molar-refractivity contribution in [2.24, 2.45) is 7.05 Å². The summed E-state index contributed by atoms with van der Waals surface area (Å²) in [6.07, 6.45) is 6.63. The number of aromatic nitrogens is 4.